The summed E-state index contributed by atoms with van der Waals surface area (Å²) in [5.74, 6) is -1.07. The van der Waals surface area contributed by atoms with E-state index in [1.54, 1.807) is 15.7 Å². The van der Waals surface area contributed by atoms with E-state index in [0.29, 0.717) is 30.5 Å². The lowest BCUT2D eigenvalue weighted by atomic mass is 9.94. The summed E-state index contributed by atoms with van der Waals surface area (Å²) < 4.78 is 2.53. The summed E-state index contributed by atoms with van der Waals surface area (Å²) in [7, 11) is 0. The number of amides is 3. The zero-order valence-corrected chi connectivity index (χ0v) is 21.2. The van der Waals surface area contributed by atoms with Gasteiger partial charge in [-0.2, -0.15) is 0 Å². The molecule has 1 aromatic heterocycles. The minimum Gasteiger partial charge on any atom is -0.368 e. The maximum atomic E-state index is 13.3. The normalized spacial score (nSPS) is 14.2. The molecule has 9 heteroatoms. The third-order valence-electron chi connectivity index (χ3n) is 6.33. The van der Waals surface area contributed by atoms with Crippen LogP contribution in [0.5, 0.6) is 0 Å². The molecule has 1 saturated heterocycles. The highest BCUT2D eigenvalue weighted by Crippen LogP contribution is 2.27. The topological polar surface area (TPSA) is 114 Å². The van der Waals surface area contributed by atoms with Crippen molar-refractivity contribution in [3.63, 3.8) is 0 Å². The van der Waals surface area contributed by atoms with Gasteiger partial charge in [0.15, 0.2) is 5.78 Å². The first kappa shape index (κ1) is 25.4. The summed E-state index contributed by atoms with van der Waals surface area (Å²) >= 11 is 3.45. The van der Waals surface area contributed by atoms with Crippen LogP contribution in [-0.4, -0.2) is 52.1 Å². The number of carbonyl (C=O) groups excluding carboxylic acids is 4. The molecule has 3 N–H and O–H groups in total. The van der Waals surface area contributed by atoms with Crippen LogP contribution in [0.1, 0.15) is 22.3 Å². The number of nitrogens with one attached hydrogen (secondary N) is 1. The number of halogens is 1. The fourth-order valence-electron chi connectivity index (χ4n) is 4.47. The summed E-state index contributed by atoms with van der Waals surface area (Å²) in [6, 6.07) is 13.9. The lowest BCUT2D eigenvalue weighted by Crippen LogP contribution is -2.50. The van der Waals surface area contributed by atoms with Crippen molar-refractivity contribution < 1.29 is 19.2 Å². The summed E-state index contributed by atoms with van der Waals surface area (Å²) in [6.45, 7) is 4.66. The van der Waals surface area contributed by atoms with Crippen molar-refractivity contribution in [3.8, 4) is 0 Å². The summed E-state index contributed by atoms with van der Waals surface area (Å²) in [5, 5.41) is 3.41. The average molecular weight is 551 g/mol. The number of primary amides is 1. The van der Waals surface area contributed by atoms with Gasteiger partial charge in [0.05, 0.1) is 12.1 Å². The largest absolute Gasteiger partial charge is 0.368 e. The highest BCUT2D eigenvalue weighted by Gasteiger charge is 2.31. The first-order valence-electron chi connectivity index (χ1n) is 11.6. The lowest BCUT2D eigenvalue weighted by molar-refractivity contribution is -0.134. The van der Waals surface area contributed by atoms with Crippen LogP contribution in [0.15, 0.2) is 71.9 Å². The minimum absolute atomic E-state index is 0.0107. The molecule has 36 heavy (non-hydrogen) atoms. The van der Waals surface area contributed by atoms with Crippen molar-refractivity contribution in [3.05, 3.63) is 83.0 Å². The molecule has 1 aliphatic heterocycles. The van der Waals surface area contributed by atoms with Crippen molar-refractivity contribution in [2.45, 2.75) is 25.4 Å². The fraction of sp³-hybridized carbons (Fsp3) is 0.259. The Kier molecular flexibility index (Phi) is 7.69. The molecule has 0 saturated carbocycles. The van der Waals surface area contributed by atoms with Gasteiger partial charge in [0.1, 0.15) is 6.04 Å². The first-order valence-corrected chi connectivity index (χ1v) is 12.4. The van der Waals surface area contributed by atoms with Crippen molar-refractivity contribution in [2.75, 3.05) is 13.1 Å². The molecule has 0 spiro atoms. The highest BCUT2D eigenvalue weighted by atomic mass is 79.9. The van der Waals surface area contributed by atoms with E-state index in [0.717, 1.165) is 15.6 Å². The second-order valence-electron chi connectivity index (χ2n) is 9.01. The van der Waals surface area contributed by atoms with Gasteiger partial charge in [-0.1, -0.05) is 52.8 Å². The molecule has 0 bridgehead atoms. The van der Waals surface area contributed by atoms with E-state index < -0.39 is 17.9 Å². The molecule has 3 amide bonds. The molecule has 1 fully saturated rings. The number of hydrogen-bond donors (Lipinski definition) is 2. The van der Waals surface area contributed by atoms with E-state index >= 15 is 0 Å². The van der Waals surface area contributed by atoms with Crippen LogP contribution < -0.4 is 11.1 Å². The van der Waals surface area contributed by atoms with E-state index in [-0.39, 0.29) is 30.6 Å². The Morgan fingerprint density at radius 3 is 2.53 bits per heavy atom. The van der Waals surface area contributed by atoms with E-state index in [4.69, 9.17) is 5.73 Å². The van der Waals surface area contributed by atoms with Crippen LogP contribution >= 0.6 is 15.9 Å². The molecule has 1 unspecified atom stereocenters. The number of rotatable bonds is 10. The Hall–Kier alpha value is -3.72. The number of carbonyl (C=O) groups is 4. The zero-order valence-electron chi connectivity index (χ0n) is 19.7. The standard InChI is InChI=1S/C27H27BrN4O4/c1-2-25(34)32-13-18(14-32)10-20(33)15-31-16-22(21-12-19(28)8-9-24(21)31)27(36)30-23(26(29)35)11-17-6-4-3-5-7-17/h2-9,12,16,18,23H,1,10-11,13-15H2,(H2,29,35)(H,30,36). The average Bonchev–Trinajstić information content (AvgIpc) is 3.18. The Bertz CT molecular complexity index is 1330. The van der Waals surface area contributed by atoms with E-state index in [2.05, 4.69) is 27.8 Å². The molecule has 2 aromatic carbocycles. The van der Waals surface area contributed by atoms with E-state index in [1.165, 1.54) is 6.08 Å². The maximum Gasteiger partial charge on any atom is 0.254 e. The van der Waals surface area contributed by atoms with Crippen molar-refractivity contribution in [1.29, 1.82) is 0 Å². The third kappa shape index (κ3) is 5.73. The van der Waals surface area contributed by atoms with Crippen LogP contribution in [0.4, 0.5) is 0 Å². The molecule has 4 rings (SSSR count). The van der Waals surface area contributed by atoms with Gasteiger partial charge in [0.2, 0.25) is 11.8 Å². The van der Waals surface area contributed by atoms with Crippen molar-refractivity contribution >= 4 is 50.3 Å². The number of ketones is 1. The van der Waals surface area contributed by atoms with Crippen LogP contribution in [0.3, 0.4) is 0 Å². The Balaban J connectivity index is 1.50. The molecule has 3 aromatic rings. The zero-order chi connectivity index (χ0) is 25.8. The molecule has 2 heterocycles. The molecule has 1 atom stereocenters. The van der Waals surface area contributed by atoms with Crippen LogP contribution in [0, 0.1) is 5.92 Å². The molecular formula is C27H27BrN4O4. The quantitative estimate of drug-likeness (QED) is 0.377. The van der Waals surface area contributed by atoms with E-state index in [1.807, 2.05) is 48.5 Å². The molecule has 0 radical (unpaired) electrons. The highest BCUT2D eigenvalue weighted by molar-refractivity contribution is 9.10. The maximum absolute atomic E-state index is 13.3. The monoisotopic (exact) mass is 550 g/mol. The van der Waals surface area contributed by atoms with Crippen LogP contribution in [0.25, 0.3) is 10.9 Å². The molecule has 1 aliphatic rings. The number of benzene rings is 2. The first-order chi connectivity index (χ1) is 17.2. The number of aromatic nitrogens is 1. The number of fused-ring (bicyclic) bond motifs is 1. The smallest absolute Gasteiger partial charge is 0.254 e. The summed E-state index contributed by atoms with van der Waals surface area (Å²) in [6.07, 6.45) is 3.53. The van der Waals surface area contributed by atoms with Gasteiger partial charge in [-0.15, -0.1) is 0 Å². The Labute approximate surface area is 217 Å². The fourth-order valence-corrected chi connectivity index (χ4v) is 4.84. The summed E-state index contributed by atoms with van der Waals surface area (Å²) in [5.41, 5.74) is 7.54. The number of hydrogen-bond acceptors (Lipinski definition) is 4. The van der Waals surface area contributed by atoms with E-state index in [9.17, 15) is 19.2 Å². The SMILES string of the molecule is C=CC(=O)N1CC(CC(=O)Cn2cc(C(=O)NC(Cc3ccccc3)C(N)=O)c3cc(Br)ccc32)C1. The predicted molar refractivity (Wildman–Crippen MR) is 140 cm³/mol. The molecular weight excluding hydrogens is 524 g/mol. The second kappa shape index (κ2) is 10.9. The predicted octanol–water partition coefficient (Wildman–Crippen LogP) is 2.83. The number of Topliss-reactive ketones (excluding diaryl/α,β-unsaturated/α-hetero) is 1. The second-order valence-corrected chi connectivity index (χ2v) is 9.92. The number of nitrogens with zero attached hydrogens (tertiary/aromatic N) is 2. The van der Waals surface area contributed by atoms with Gasteiger partial charge in [-0.25, -0.2) is 0 Å². The minimum atomic E-state index is -0.882. The van der Waals surface area contributed by atoms with Gasteiger partial charge >= 0.3 is 0 Å². The summed E-state index contributed by atoms with van der Waals surface area (Å²) in [4.78, 5) is 51.4. The van der Waals surface area contributed by atoms with Crippen molar-refractivity contribution in [2.24, 2.45) is 11.7 Å². The van der Waals surface area contributed by atoms with Crippen molar-refractivity contribution in [1.82, 2.24) is 14.8 Å². The van der Waals surface area contributed by atoms with Gasteiger partial charge in [0.25, 0.3) is 5.91 Å². The molecule has 0 aliphatic carbocycles. The number of likely N-dealkylation sites (tertiary alicyclic amines) is 1. The van der Waals surface area contributed by atoms with Crippen LogP contribution in [-0.2, 0) is 27.3 Å². The molecule has 8 nitrogen and oxygen atoms in total. The molecule has 186 valence electrons. The lowest BCUT2D eigenvalue weighted by Gasteiger charge is -2.38. The Morgan fingerprint density at radius 1 is 1.14 bits per heavy atom. The van der Waals surface area contributed by atoms with Gasteiger partial charge in [-0.3, -0.25) is 19.2 Å². The third-order valence-corrected chi connectivity index (χ3v) is 6.82. The van der Waals surface area contributed by atoms with Gasteiger partial charge in [-0.05, 0) is 29.8 Å². The number of nitrogens with two attached hydrogens (primary N) is 1. The van der Waals surface area contributed by atoms with Crippen LogP contribution in [0.2, 0.25) is 0 Å². The van der Waals surface area contributed by atoms with Gasteiger partial charge in [0, 0.05) is 53.4 Å². The van der Waals surface area contributed by atoms with Gasteiger partial charge < -0.3 is 20.5 Å². The Morgan fingerprint density at radius 2 is 1.86 bits per heavy atom.